The summed E-state index contributed by atoms with van der Waals surface area (Å²) in [5, 5.41) is 3.28. The number of hydrogen-bond donors (Lipinski definition) is 1. The number of carbonyl (C=O) groups is 2. The van der Waals surface area contributed by atoms with E-state index < -0.39 is 11.9 Å². The van der Waals surface area contributed by atoms with Gasteiger partial charge in [0, 0.05) is 33.8 Å². The molecular weight excluding hydrogens is 414 g/mol. The van der Waals surface area contributed by atoms with E-state index in [1.54, 1.807) is 6.92 Å². The van der Waals surface area contributed by atoms with Crippen molar-refractivity contribution in [1.29, 1.82) is 0 Å². The number of esters is 1. The molecule has 0 amide bonds. The Kier molecular flexibility index (Phi) is 4.72. The second-order valence-electron chi connectivity index (χ2n) is 6.71. The molecule has 2 aliphatic heterocycles. The summed E-state index contributed by atoms with van der Waals surface area (Å²) < 4.78 is 17.0. The molecular formula is C20H20BrNO5. The molecule has 1 N–H and O–H groups in total. The lowest BCUT2D eigenvalue weighted by atomic mass is 9.75. The first-order valence-corrected chi connectivity index (χ1v) is 9.80. The number of ether oxygens (including phenoxy) is 3. The maximum atomic E-state index is 12.8. The number of ketones is 1. The zero-order chi connectivity index (χ0) is 19.1. The zero-order valence-electron chi connectivity index (χ0n) is 15.2. The van der Waals surface area contributed by atoms with Gasteiger partial charge in [0.15, 0.2) is 17.3 Å². The van der Waals surface area contributed by atoms with E-state index in [1.165, 1.54) is 0 Å². The number of allylic oxidation sites excluding steroid dienone is 3. The van der Waals surface area contributed by atoms with Crippen LogP contribution in [-0.4, -0.2) is 25.2 Å². The lowest BCUT2D eigenvalue weighted by molar-refractivity contribution is -0.138. The highest BCUT2D eigenvalue weighted by atomic mass is 79.9. The number of rotatable bonds is 3. The van der Waals surface area contributed by atoms with Crippen molar-refractivity contribution in [1.82, 2.24) is 5.32 Å². The molecule has 0 saturated carbocycles. The number of fused-ring (bicyclic) bond motifs is 1. The van der Waals surface area contributed by atoms with Gasteiger partial charge in [-0.3, -0.25) is 4.79 Å². The van der Waals surface area contributed by atoms with Crippen molar-refractivity contribution in [2.75, 3.05) is 13.4 Å². The fraction of sp³-hybridized carbons (Fsp3) is 0.400. The minimum Gasteiger partial charge on any atom is -0.463 e. The smallest absolute Gasteiger partial charge is 0.336 e. The highest BCUT2D eigenvalue weighted by Crippen LogP contribution is 2.48. The third-order valence-corrected chi connectivity index (χ3v) is 5.76. The Bertz CT molecular complexity index is 902. The summed E-state index contributed by atoms with van der Waals surface area (Å²) in [6, 6.07) is 3.67. The molecule has 1 aliphatic carbocycles. The average Bonchev–Trinajstić information content (AvgIpc) is 3.07. The van der Waals surface area contributed by atoms with Crippen LogP contribution in [0.25, 0.3) is 0 Å². The number of halogens is 1. The Morgan fingerprint density at radius 3 is 2.78 bits per heavy atom. The first-order valence-electron chi connectivity index (χ1n) is 9.01. The summed E-state index contributed by atoms with van der Waals surface area (Å²) in [5.41, 5.74) is 3.52. The summed E-state index contributed by atoms with van der Waals surface area (Å²) in [6.45, 7) is 4.05. The monoisotopic (exact) mass is 433 g/mol. The van der Waals surface area contributed by atoms with Gasteiger partial charge < -0.3 is 19.5 Å². The lowest BCUT2D eigenvalue weighted by Gasteiger charge is -2.34. The molecule has 0 fully saturated rings. The Balaban J connectivity index is 1.91. The molecule has 0 saturated heterocycles. The molecule has 3 aliphatic rings. The van der Waals surface area contributed by atoms with Crippen LogP contribution >= 0.6 is 15.9 Å². The molecule has 0 spiro atoms. The first-order chi connectivity index (χ1) is 13.0. The lowest BCUT2D eigenvalue weighted by Crippen LogP contribution is -2.34. The molecule has 0 aromatic heterocycles. The zero-order valence-corrected chi connectivity index (χ0v) is 16.8. The van der Waals surface area contributed by atoms with E-state index >= 15 is 0 Å². The van der Waals surface area contributed by atoms with Gasteiger partial charge in [-0.2, -0.15) is 0 Å². The van der Waals surface area contributed by atoms with Crippen molar-refractivity contribution in [3.05, 3.63) is 44.7 Å². The van der Waals surface area contributed by atoms with Gasteiger partial charge in [-0.1, -0.05) is 15.9 Å². The maximum absolute atomic E-state index is 12.8. The number of carbonyl (C=O) groups excluding carboxylic acids is 2. The molecule has 0 bridgehead atoms. The van der Waals surface area contributed by atoms with E-state index in [2.05, 4.69) is 21.2 Å². The molecule has 4 rings (SSSR count). The fourth-order valence-corrected chi connectivity index (χ4v) is 4.48. The predicted octanol–water partition coefficient (Wildman–Crippen LogP) is 3.71. The van der Waals surface area contributed by atoms with E-state index in [9.17, 15) is 9.59 Å². The summed E-state index contributed by atoms with van der Waals surface area (Å²) in [6.07, 6.45) is 2.07. The van der Waals surface area contributed by atoms with Crippen LogP contribution in [-0.2, 0) is 14.3 Å². The van der Waals surface area contributed by atoms with Crippen molar-refractivity contribution >= 4 is 27.7 Å². The van der Waals surface area contributed by atoms with Gasteiger partial charge in [0.1, 0.15) is 0 Å². The van der Waals surface area contributed by atoms with Gasteiger partial charge in [-0.15, -0.1) is 0 Å². The highest BCUT2D eigenvalue weighted by Gasteiger charge is 2.40. The third kappa shape index (κ3) is 3.04. The van der Waals surface area contributed by atoms with Crippen LogP contribution in [0.3, 0.4) is 0 Å². The molecule has 0 radical (unpaired) electrons. The fourth-order valence-electron chi connectivity index (χ4n) is 3.93. The van der Waals surface area contributed by atoms with Crippen LogP contribution in [0.1, 0.15) is 44.6 Å². The van der Waals surface area contributed by atoms with Gasteiger partial charge in [-0.05, 0) is 44.4 Å². The Hall–Kier alpha value is -2.28. The number of hydrogen-bond acceptors (Lipinski definition) is 6. The van der Waals surface area contributed by atoms with Crippen LogP contribution in [0.2, 0.25) is 0 Å². The third-order valence-electron chi connectivity index (χ3n) is 5.07. The van der Waals surface area contributed by atoms with Crippen LogP contribution in [0, 0.1) is 0 Å². The van der Waals surface area contributed by atoms with E-state index in [4.69, 9.17) is 14.2 Å². The van der Waals surface area contributed by atoms with E-state index in [0.717, 1.165) is 34.3 Å². The van der Waals surface area contributed by atoms with Crippen LogP contribution in [0.4, 0.5) is 0 Å². The summed E-state index contributed by atoms with van der Waals surface area (Å²) in [7, 11) is 0. The van der Waals surface area contributed by atoms with E-state index in [-0.39, 0.29) is 19.2 Å². The first kappa shape index (κ1) is 18.1. The molecule has 2 heterocycles. The van der Waals surface area contributed by atoms with Crippen molar-refractivity contribution in [3.63, 3.8) is 0 Å². The van der Waals surface area contributed by atoms with Gasteiger partial charge in [0.05, 0.1) is 12.2 Å². The molecule has 1 atom stereocenters. The quantitative estimate of drug-likeness (QED) is 0.732. The minimum absolute atomic E-state index is 0.0626. The molecule has 6 nitrogen and oxygen atoms in total. The minimum atomic E-state index is -0.503. The standard InChI is InChI=1S/C20H20BrNO5/c1-3-25-20(24)17-10(2)22-13-5-4-6-14(23)19(13)18(17)11-7-15-16(8-12(11)21)27-9-26-15/h7-8,18,22H,3-6,9H2,1-2H3. The van der Waals surface area contributed by atoms with Crippen molar-refractivity contribution in [3.8, 4) is 11.5 Å². The van der Waals surface area contributed by atoms with Crippen LogP contribution in [0.15, 0.2) is 39.1 Å². The van der Waals surface area contributed by atoms with Crippen LogP contribution in [0.5, 0.6) is 11.5 Å². The molecule has 142 valence electrons. The number of dihydropyridines is 1. The maximum Gasteiger partial charge on any atom is 0.336 e. The average molecular weight is 434 g/mol. The van der Waals surface area contributed by atoms with Gasteiger partial charge in [0.25, 0.3) is 0 Å². The topological polar surface area (TPSA) is 73.9 Å². The normalized spacial score (nSPS) is 21.1. The van der Waals surface area contributed by atoms with Gasteiger partial charge in [0.2, 0.25) is 6.79 Å². The Labute approximate surface area is 165 Å². The molecule has 1 unspecified atom stereocenters. The second kappa shape index (κ2) is 7.03. The SMILES string of the molecule is CCOC(=O)C1=C(C)NC2=C(C(=O)CCC2)C1c1cc2c(cc1Br)OCO2. The van der Waals surface area contributed by atoms with E-state index in [1.807, 2.05) is 19.1 Å². The molecule has 7 heteroatoms. The Morgan fingerprint density at radius 1 is 1.30 bits per heavy atom. The summed E-state index contributed by atoms with van der Waals surface area (Å²) >= 11 is 3.59. The van der Waals surface area contributed by atoms with Gasteiger partial charge in [-0.25, -0.2) is 4.79 Å². The largest absolute Gasteiger partial charge is 0.463 e. The molecule has 27 heavy (non-hydrogen) atoms. The van der Waals surface area contributed by atoms with Crippen LogP contribution < -0.4 is 14.8 Å². The van der Waals surface area contributed by atoms with Crippen molar-refractivity contribution in [2.24, 2.45) is 0 Å². The highest BCUT2D eigenvalue weighted by molar-refractivity contribution is 9.10. The summed E-state index contributed by atoms with van der Waals surface area (Å²) in [5.74, 6) is 0.395. The predicted molar refractivity (Wildman–Crippen MR) is 101 cm³/mol. The number of nitrogens with one attached hydrogen (secondary N) is 1. The Morgan fingerprint density at radius 2 is 2.04 bits per heavy atom. The van der Waals surface area contributed by atoms with Gasteiger partial charge >= 0.3 is 5.97 Å². The summed E-state index contributed by atoms with van der Waals surface area (Å²) in [4.78, 5) is 25.6. The van der Waals surface area contributed by atoms with Crippen molar-refractivity contribution < 1.29 is 23.8 Å². The van der Waals surface area contributed by atoms with E-state index in [0.29, 0.717) is 29.1 Å². The molecule has 1 aromatic rings. The number of benzene rings is 1. The molecule has 1 aromatic carbocycles. The van der Waals surface area contributed by atoms with Crippen molar-refractivity contribution in [2.45, 2.75) is 39.0 Å². The second-order valence-corrected chi connectivity index (χ2v) is 7.57. The number of Topliss-reactive ketones (excluding diaryl/α,β-unsaturated/α-hetero) is 1.